The van der Waals surface area contributed by atoms with Crippen LogP contribution >= 0.6 is 0 Å². The number of amides is 1. The minimum absolute atomic E-state index is 0.0761. The number of anilines is 2. The minimum atomic E-state index is -4.67. The molecule has 33 heavy (non-hydrogen) atoms. The zero-order valence-corrected chi connectivity index (χ0v) is 17.4. The predicted molar refractivity (Wildman–Crippen MR) is 119 cm³/mol. The molecule has 0 unspecified atom stereocenters. The van der Waals surface area contributed by atoms with E-state index in [2.05, 4.69) is 30.6 Å². The van der Waals surface area contributed by atoms with Gasteiger partial charge in [0.2, 0.25) is 5.95 Å². The van der Waals surface area contributed by atoms with E-state index in [1.165, 1.54) is 12.3 Å². The van der Waals surface area contributed by atoms with E-state index in [1.807, 2.05) is 6.92 Å². The zero-order valence-electron chi connectivity index (χ0n) is 20.4. The Morgan fingerprint density at radius 2 is 1.85 bits per heavy atom. The lowest BCUT2D eigenvalue weighted by Crippen LogP contribution is -2.15. The largest absolute Gasteiger partial charge is 0.433 e. The maximum absolute atomic E-state index is 12.9. The molecule has 3 aromatic heterocycles. The topological polar surface area (TPSA) is 92.7 Å². The van der Waals surface area contributed by atoms with Crippen molar-refractivity contribution in [1.82, 2.24) is 19.9 Å². The second-order valence-electron chi connectivity index (χ2n) is 7.26. The van der Waals surface area contributed by atoms with Gasteiger partial charge in [0.05, 0.1) is 0 Å². The number of hydrogen-bond donors (Lipinski definition) is 2. The normalized spacial score (nSPS) is 13.2. The molecule has 0 saturated carbocycles. The Balaban J connectivity index is 1.65. The molecule has 0 fully saturated rings. The number of carbonyl (C=O) groups is 1. The third-order valence-electron chi connectivity index (χ3n) is 4.97. The highest BCUT2D eigenvalue weighted by atomic mass is 19.4. The average molecular weight is 455 g/mol. The van der Waals surface area contributed by atoms with E-state index in [1.54, 1.807) is 31.2 Å². The summed E-state index contributed by atoms with van der Waals surface area (Å²) in [7, 11) is 0. The van der Waals surface area contributed by atoms with Crippen molar-refractivity contribution in [3.05, 3.63) is 71.3 Å². The summed E-state index contributed by atoms with van der Waals surface area (Å²) >= 11 is 0. The summed E-state index contributed by atoms with van der Waals surface area (Å²) in [6.45, 7) is 1.17. The lowest BCUT2D eigenvalue weighted by Gasteiger charge is -2.13. The van der Waals surface area contributed by atoms with Gasteiger partial charge in [0.1, 0.15) is 5.69 Å². The Labute approximate surface area is 191 Å². The van der Waals surface area contributed by atoms with Gasteiger partial charge in [-0.1, -0.05) is 6.07 Å². The second kappa shape index (κ2) is 8.45. The number of fused-ring (bicyclic) bond motifs is 1. The molecule has 10 heteroatoms. The van der Waals surface area contributed by atoms with Crippen LogP contribution in [-0.4, -0.2) is 32.8 Å². The van der Waals surface area contributed by atoms with Crippen molar-refractivity contribution in [3.8, 4) is 11.1 Å². The van der Waals surface area contributed by atoms with Gasteiger partial charge in [0.25, 0.3) is 5.91 Å². The molecule has 0 atom stereocenters. The smallest absolute Gasteiger partial charge is 0.357 e. The third-order valence-corrected chi connectivity index (χ3v) is 4.97. The first-order valence-corrected chi connectivity index (χ1v) is 9.68. The van der Waals surface area contributed by atoms with Crippen LogP contribution in [0.15, 0.2) is 48.8 Å². The summed E-state index contributed by atoms with van der Waals surface area (Å²) in [6.07, 6.45) is -2.28. The number of nitrogens with zero attached hydrogens (tertiary/aromatic N) is 4. The van der Waals surface area contributed by atoms with E-state index in [-0.39, 0.29) is 11.5 Å². The first kappa shape index (κ1) is 18.5. The highest BCUT2D eigenvalue weighted by molar-refractivity contribution is 6.04. The molecule has 0 radical (unpaired) electrons. The predicted octanol–water partition coefficient (Wildman–Crippen LogP) is 5.02. The Hall–Kier alpha value is -4.08. The lowest BCUT2D eigenvalue weighted by molar-refractivity contribution is -0.141. The summed E-state index contributed by atoms with van der Waals surface area (Å²) in [5, 5.41) is 5.42. The lowest BCUT2D eigenvalue weighted by atomic mass is 9.98. The number of hydrogen-bond acceptors (Lipinski definition) is 6. The van der Waals surface area contributed by atoms with Gasteiger partial charge in [-0.15, -0.1) is 0 Å². The molecule has 1 amide bonds. The summed E-state index contributed by atoms with van der Waals surface area (Å²) < 4.78 is 60.7. The quantitative estimate of drug-likeness (QED) is 0.449. The molecule has 4 rings (SSSR count). The van der Waals surface area contributed by atoms with E-state index in [4.69, 9.17) is 4.11 Å². The molecule has 168 valence electrons. The van der Waals surface area contributed by atoms with Gasteiger partial charge >= 0.3 is 6.18 Å². The maximum atomic E-state index is 12.9. The number of aryl methyl sites for hydroxylation is 2. The van der Waals surface area contributed by atoms with Crippen LogP contribution in [0.4, 0.5) is 24.8 Å². The number of rotatable bonds is 4. The highest BCUT2D eigenvalue weighted by Crippen LogP contribution is 2.31. The molecular formula is C23H19F3N6O. The van der Waals surface area contributed by atoms with Crippen molar-refractivity contribution in [2.45, 2.75) is 20.0 Å². The van der Waals surface area contributed by atoms with Crippen LogP contribution in [0.1, 0.15) is 31.4 Å². The first-order chi connectivity index (χ1) is 16.8. The molecule has 0 bridgehead atoms. The van der Waals surface area contributed by atoms with Crippen LogP contribution in [0.5, 0.6) is 0 Å². The van der Waals surface area contributed by atoms with Crippen molar-refractivity contribution < 1.29 is 22.1 Å². The molecule has 4 aromatic rings. The number of alkyl halides is 3. The van der Waals surface area contributed by atoms with Crippen molar-refractivity contribution in [2.24, 2.45) is 0 Å². The van der Waals surface area contributed by atoms with Crippen LogP contribution < -0.4 is 10.6 Å². The van der Waals surface area contributed by atoms with Crippen LogP contribution in [0.3, 0.4) is 0 Å². The molecule has 0 aliphatic rings. The fraction of sp³-hybridized carbons (Fsp3) is 0.174. The van der Waals surface area contributed by atoms with E-state index in [0.717, 1.165) is 22.9 Å². The Morgan fingerprint density at radius 1 is 1.03 bits per heavy atom. The standard InChI is InChI=1S/C23H19F3N6O/c1-12-4-5-16(31-21(33)14-6-7-28-19(9-14)23(24,25)26)10-17(12)18-8-15-11-29-22(27-3)32-20(15)30-13(18)2/h4-11H,1-3H3,(H,31,33)(H,27,29,30,32)/i3D3. The van der Waals surface area contributed by atoms with Gasteiger partial charge in [-0.05, 0) is 55.3 Å². The van der Waals surface area contributed by atoms with Crippen molar-refractivity contribution in [1.29, 1.82) is 0 Å². The molecular weight excluding hydrogens is 433 g/mol. The van der Waals surface area contributed by atoms with E-state index in [9.17, 15) is 18.0 Å². The van der Waals surface area contributed by atoms with Gasteiger partial charge in [-0.3, -0.25) is 9.78 Å². The SMILES string of the molecule is [2H]C([2H])([2H])Nc1ncc2cc(-c3cc(NC(=O)c4ccnc(C(F)(F)F)c4)ccc3C)c(C)nc2n1. The molecule has 0 aliphatic carbocycles. The van der Waals surface area contributed by atoms with Gasteiger partial charge in [0, 0.05) is 51.4 Å². The monoisotopic (exact) mass is 455 g/mol. The molecule has 0 aliphatic heterocycles. The van der Waals surface area contributed by atoms with Gasteiger partial charge < -0.3 is 10.6 Å². The van der Waals surface area contributed by atoms with Crippen molar-refractivity contribution in [3.63, 3.8) is 0 Å². The Bertz CT molecular complexity index is 1470. The van der Waals surface area contributed by atoms with Crippen molar-refractivity contribution >= 4 is 28.6 Å². The summed E-state index contributed by atoms with van der Waals surface area (Å²) in [4.78, 5) is 28.6. The first-order valence-electron chi connectivity index (χ1n) is 11.2. The molecule has 1 aromatic carbocycles. The van der Waals surface area contributed by atoms with Gasteiger partial charge in [-0.25, -0.2) is 9.97 Å². The molecule has 0 saturated heterocycles. The summed E-state index contributed by atoms with van der Waals surface area (Å²) in [6, 6.07) is 8.79. The second-order valence-corrected chi connectivity index (χ2v) is 7.26. The minimum Gasteiger partial charge on any atom is -0.357 e. The average Bonchev–Trinajstić information content (AvgIpc) is 2.78. The van der Waals surface area contributed by atoms with E-state index < -0.39 is 24.8 Å². The third kappa shape index (κ3) is 4.59. The fourth-order valence-electron chi connectivity index (χ4n) is 3.31. The number of benzene rings is 1. The summed E-state index contributed by atoms with van der Waals surface area (Å²) in [5.41, 5.74) is 2.25. The van der Waals surface area contributed by atoms with Crippen LogP contribution in [0.25, 0.3) is 22.2 Å². The molecule has 2 N–H and O–H groups in total. The fourth-order valence-corrected chi connectivity index (χ4v) is 3.31. The van der Waals surface area contributed by atoms with Gasteiger partial charge in [-0.2, -0.15) is 18.2 Å². The number of carbonyl (C=O) groups excluding carboxylic acids is 1. The van der Waals surface area contributed by atoms with Crippen molar-refractivity contribution in [2.75, 3.05) is 17.6 Å². The number of aromatic nitrogens is 4. The Morgan fingerprint density at radius 3 is 2.61 bits per heavy atom. The van der Waals surface area contributed by atoms with E-state index in [0.29, 0.717) is 28.5 Å². The Kier molecular flexibility index (Phi) is 4.74. The van der Waals surface area contributed by atoms with Crippen LogP contribution in [-0.2, 0) is 6.18 Å². The van der Waals surface area contributed by atoms with Crippen LogP contribution in [0.2, 0.25) is 0 Å². The maximum Gasteiger partial charge on any atom is 0.433 e. The highest BCUT2D eigenvalue weighted by Gasteiger charge is 2.33. The number of nitrogens with one attached hydrogen (secondary N) is 2. The zero-order chi connectivity index (χ0) is 26.3. The number of pyridine rings is 2. The summed E-state index contributed by atoms with van der Waals surface area (Å²) in [5.74, 6) is -0.790. The molecule has 7 nitrogen and oxygen atoms in total. The van der Waals surface area contributed by atoms with E-state index >= 15 is 0 Å². The number of halogens is 3. The molecule has 0 spiro atoms. The van der Waals surface area contributed by atoms with Crippen LogP contribution in [0, 0.1) is 13.8 Å². The molecule has 3 heterocycles. The van der Waals surface area contributed by atoms with Gasteiger partial charge in [0.15, 0.2) is 5.65 Å².